The lowest BCUT2D eigenvalue weighted by Crippen LogP contribution is -2.08. The summed E-state index contributed by atoms with van der Waals surface area (Å²) < 4.78 is 0. The fourth-order valence-corrected chi connectivity index (χ4v) is 4.13. The quantitative estimate of drug-likeness (QED) is 0.748. The van der Waals surface area contributed by atoms with Crippen LogP contribution < -0.4 is 0 Å². The summed E-state index contributed by atoms with van der Waals surface area (Å²) in [7, 11) is 0. The van der Waals surface area contributed by atoms with E-state index in [1.807, 2.05) is 6.07 Å². The zero-order valence-electron chi connectivity index (χ0n) is 9.75. The second-order valence-electron chi connectivity index (χ2n) is 5.74. The minimum absolute atomic E-state index is 0.778. The highest BCUT2D eigenvalue weighted by Gasteiger charge is 2.40. The summed E-state index contributed by atoms with van der Waals surface area (Å²) in [5.41, 5.74) is 2.67. The maximum Gasteiger partial charge on any atom is 0.0457 e. The smallest absolute Gasteiger partial charge is 0.0457 e. The number of fused-ring (bicyclic) bond motifs is 3. The zero-order chi connectivity index (χ0) is 11.4. The second-order valence-corrected chi connectivity index (χ2v) is 6.17. The molecule has 2 aromatic rings. The number of halogens is 1. The van der Waals surface area contributed by atoms with E-state index in [4.69, 9.17) is 11.6 Å². The Bertz CT molecular complexity index is 571. The third-order valence-electron chi connectivity index (χ3n) is 4.74. The van der Waals surface area contributed by atoms with Crippen LogP contribution in [0.1, 0.15) is 37.3 Å². The molecule has 88 valence electrons. The summed E-state index contributed by atoms with van der Waals surface area (Å²) in [5.74, 6) is 2.71. The van der Waals surface area contributed by atoms with Gasteiger partial charge in [0.05, 0.1) is 0 Å². The largest absolute Gasteiger partial charge is 0.358 e. The molecule has 0 radical (unpaired) electrons. The Balaban J connectivity index is 1.76. The van der Waals surface area contributed by atoms with Gasteiger partial charge in [0.15, 0.2) is 0 Å². The van der Waals surface area contributed by atoms with Crippen LogP contribution in [0, 0.1) is 11.8 Å². The van der Waals surface area contributed by atoms with E-state index in [0.29, 0.717) is 0 Å². The van der Waals surface area contributed by atoms with Crippen molar-refractivity contribution in [2.75, 3.05) is 0 Å². The molecule has 4 rings (SSSR count). The van der Waals surface area contributed by atoms with Crippen molar-refractivity contribution in [2.45, 2.75) is 31.6 Å². The van der Waals surface area contributed by atoms with Crippen LogP contribution in [0.25, 0.3) is 10.9 Å². The first kappa shape index (κ1) is 10.0. The van der Waals surface area contributed by atoms with Crippen LogP contribution in [-0.2, 0) is 0 Å². The maximum atomic E-state index is 6.04. The van der Waals surface area contributed by atoms with E-state index >= 15 is 0 Å². The lowest BCUT2D eigenvalue weighted by atomic mass is 9.86. The third kappa shape index (κ3) is 1.52. The lowest BCUT2D eigenvalue weighted by Gasteiger charge is -2.20. The van der Waals surface area contributed by atoms with E-state index < -0.39 is 0 Å². The summed E-state index contributed by atoms with van der Waals surface area (Å²) in [6.45, 7) is 0. The predicted octanol–water partition coefficient (Wildman–Crippen LogP) is 4.72. The average Bonchev–Trinajstić information content (AvgIpc) is 3.01. The molecule has 2 saturated carbocycles. The highest BCUT2D eigenvalue weighted by Crippen LogP contribution is 2.52. The molecule has 17 heavy (non-hydrogen) atoms. The van der Waals surface area contributed by atoms with Crippen molar-refractivity contribution in [1.29, 1.82) is 0 Å². The van der Waals surface area contributed by atoms with Gasteiger partial charge < -0.3 is 4.98 Å². The maximum absolute atomic E-state index is 6.04. The van der Waals surface area contributed by atoms with Crippen LogP contribution in [0.5, 0.6) is 0 Å². The number of aromatic amines is 1. The number of hydrogen-bond acceptors (Lipinski definition) is 0. The van der Waals surface area contributed by atoms with Gasteiger partial charge in [0.25, 0.3) is 0 Å². The summed E-state index contributed by atoms with van der Waals surface area (Å²) in [4.78, 5) is 3.59. The molecule has 0 aliphatic heterocycles. The first-order valence-electron chi connectivity index (χ1n) is 6.58. The van der Waals surface area contributed by atoms with Crippen LogP contribution in [0.4, 0.5) is 0 Å². The van der Waals surface area contributed by atoms with Crippen LogP contribution in [-0.4, -0.2) is 4.98 Å². The molecule has 2 heteroatoms. The number of hydrogen-bond donors (Lipinski definition) is 1. The number of nitrogens with one attached hydrogen (secondary N) is 1. The fraction of sp³-hybridized carbons (Fsp3) is 0.467. The highest BCUT2D eigenvalue weighted by atomic mass is 35.5. The molecule has 0 amide bonds. The van der Waals surface area contributed by atoms with Gasteiger partial charge in [0.2, 0.25) is 0 Å². The van der Waals surface area contributed by atoms with Crippen molar-refractivity contribution in [3.8, 4) is 0 Å². The van der Waals surface area contributed by atoms with Gasteiger partial charge in [-0.15, -0.1) is 0 Å². The van der Waals surface area contributed by atoms with Crippen molar-refractivity contribution in [1.82, 2.24) is 4.98 Å². The fourth-order valence-electron chi connectivity index (χ4n) is 3.95. The Hall–Kier alpha value is -0.950. The summed E-state index contributed by atoms with van der Waals surface area (Å²) in [6.07, 6.45) is 5.75. The third-order valence-corrected chi connectivity index (χ3v) is 4.98. The summed E-state index contributed by atoms with van der Waals surface area (Å²) in [5, 5.41) is 2.09. The van der Waals surface area contributed by atoms with Crippen molar-refractivity contribution >= 4 is 22.5 Å². The van der Waals surface area contributed by atoms with E-state index in [9.17, 15) is 0 Å². The van der Waals surface area contributed by atoms with E-state index in [1.165, 1.54) is 42.3 Å². The van der Waals surface area contributed by atoms with Crippen molar-refractivity contribution in [2.24, 2.45) is 11.8 Å². The lowest BCUT2D eigenvalue weighted by molar-refractivity contribution is 0.415. The molecule has 1 nitrogen and oxygen atoms in total. The Morgan fingerprint density at radius 2 is 2.06 bits per heavy atom. The van der Waals surface area contributed by atoms with Gasteiger partial charge in [-0.3, -0.25) is 0 Å². The van der Waals surface area contributed by atoms with Gasteiger partial charge in [0, 0.05) is 27.5 Å². The van der Waals surface area contributed by atoms with Gasteiger partial charge in [0.1, 0.15) is 0 Å². The second kappa shape index (κ2) is 3.52. The first-order chi connectivity index (χ1) is 8.29. The summed E-state index contributed by atoms with van der Waals surface area (Å²) >= 11 is 6.04. The molecule has 0 unspecified atom stereocenters. The molecule has 1 N–H and O–H groups in total. The van der Waals surface area contributed by atoms with Crippen LogP contribution >= 0.6 is 11.6 Å². The number of H-pyrrole nitrogens is 1. The van der Waals surface area contributed by atoms with Crippen LogP contribution in [0.2, 0.25) is 5.02 Å². The van der Waals surface area contributed by atoms with Gasteiger partial charge in [-0.2, -0.15) is 0 Å². The standard InChI is InChI=1S/C15H16ClN/c16-12-3-4-14-11(7-12)8-15(17-14)13-6-9-1-2-10(13)5-9/h3-4,7-10,13,17H,1-2,5-6H2/t9-,10+,13+/m0/s1. The summed E-state index contributed by atoms with van der Waals surface area (Å²) in [6, 6.07) is 8.43. The first-order valence-corrected chi connectivity index (χ1v) is 6.95. The highest BCUT2D eigenvalue weighted by molar-refractivity contribution is 6.31. The Morgan fingerprint density at radius 1 is 1.12 bits per heavy atom. The van der Waals surface area contributed by atoms with Gasteiger partial charge in [-0.25, -0.2) is 0 Å². The molecule has 3 atom stereocenters. The van der Waals surface area contributed by atoms with Crippen molar-refractivity contribution in [3.05, 3.63) is 35.0 Å². The molecule has 1 aromatic heterocycles. The van der Waals surface area contributed by atoms with E-state index in [2.05, 4.69) is 23.2 Å². The van der Waals surface area contributed by atoms with Crippen molar-refractivity contribution < 1.29 is 0 Å². The minimum atomic E-state index is 0.778. The molecular formula is C15H16ClN. The van der Waals surface area contributed by atoms with Gasteiger partial charge >= 0.3 is 0 Å². The van der Waals surface area contributed by atoms with E-state index in [1.54, 1.807) is 0 Å². The molecule has 0 spiro atoms. The van der Waals surface area contributed by atoms with Crippen LogP contribution in [0.3, 0.4) is 0 Å². The Labute approximate surface area is 106 Å². The number of benzene rings is 1. The molecule has 2 aliphatic rings. The Morgan fingerprint density at radius 3 is 2.82 bits per heavy atom. The van der Waals surface area contributed by atoms with E-state index in [0.717, 1.165) is 22.8 Å². The van der Waals surface area contributed by atoms with Crippen LogP contribution in [0.15, 0.2) is 24.3 Å². The van der Waals surface area contributed by atoms with Crippen molar-refractivity contribution in [3.63, 3.8) is 0 Å². The minimum Gasteiger partial charge on any atom is -0.358 e. The molecule has 1 aromatic carbocycles. The molecular weight excluding hydrogens is 230 g/mol. The zero-order valence-corrected chi connectivity index (χ0v) is 10.5. The molecule has 2 bridgehead atoms. The number of rotatable bonds is 1. The predicted molar refractivity (Wildman–Crippen MR) is 71.5 cm³/mol. The molecule has 2 fully saturated rings. The molecule has 1 heterocycles. The SMILES string of the molecule is Clc1ccc2[nH]c([C@@H]3C[C@H]4CC[C@@H]3C4)cc2c1. The van der Waals surface area contributed by atoms with Gasteiger partial charge in [-0.1, -0.05) is 18.0 Å². The van der Waals surface area contributed by atoms with E-state index in [-0.39, 0.29) is 0 Å². The Kier molecular flexibility index (Phi) is 2.07. The van der Waals surface area contributed by atoms with Gasteiger partial charge in [-0.05, 0) is 55.4 Å². The molecule has 0 saturated heterocycles. The number of aromatic nitrogens is 1. The monoisotopic (exact) mass is 245 g/mol. The normalized spacial score (nSPS) is 31.5. The molecule has 2 aliphatic carbocycles. The topological polar surface area (TPSA) is 15.8 Å². The average molecular weight is 246 g/mol.